The third-order valence-corrected chi connectivity index (χ3v) is 3.12. The number of rotatable bonds is 1. The van der Waals surface area contributed by atoms with Gasteiger partial charge in [-0.25, -0.2) is 0 Å². The number of fused-ring (bicyclic) bond motifs is 1. The molecule has 0 radical (unpaired) electrons. The highest BCUT2D eigenvalue weighted by molar-refractivity contribution is 5.54. The van der Waals surface area contributed by atoms with Crippen molar-refractivity contribution in [2.75, 3.05) is 6.54 Å². The second-order valence-corrected chi connectivity index (χ2v) is 3.86. The van der Waals surface area contributed by atoms with E-state index in [4.69, 9.17) is 0 Å². The molecule has 0 aromatic rings. The molecule has 2 heterocycles. The van der Waals surface area contributed by atoms with Crippen molar-refractivity contribution < 1.29 is 4.70 Å². The number of aliphatic imine (C=N–C) groups is 1. The smallest absolute Gasteiger partial charge is 0.197 e. The summed E-state index contributed by atoms with van der Waals surface area (Å²) in [5.74, 6) is 1.62. The monoisotopic (exact) mass is 166 g/mol. The average molecular weight is 166 g/mol. The molecule has 0 aromatic heterocycles. The Kier molecular flexibility index (Phi) is 1.95. The average Bonchev–Trinajstić information content (AvgIpc) is 2.49. The molecule has 0 bridgehead atoms. The molecular weight excluding hydrogens is 150 g/mol. The van der Waals surface area contributed by atoms with Gasteiger partial charge in [-0.15, -0.1) is 0 Å². The Hall–Kier alpha value is -0.730. The molecule has 12 heavy (non-hydrogen) atoms. The summed E-state index contributed by atoms with van der Waals surface area (Å²) in [5.41, 5.74) is 0. The van der Waals surface area contributed by atoms with Crippen molar-refractivity contribution in [2.24, 2.45) is 21.9 Å². The molecule has 0 aromatic carbocycles. The highest BCUT2D eigenvalue weighted by Gasteiger charge is 2.38. The molecule has 66 valence electrons. The number of piperidine rings is 1. The summed E-state index contributed by atoms with van der Waals surface area (Å²) >= 11 is 0. The quantitative estimate of drug-likeness (QED) is 0.532. The van der Waals surface area contributed by atoms with Crippen molar-refractivity contribution >= 4 is 6.34 Å². The van der Waals surface area contributed by atoms with Gasteiger partial charge in [0.2, 0.25) is 0 Å². The Balaban J connectivity index is 2.09. The first-order valence-electron chi connectivity index (χ1n) is 4.80. The normalized spacial score (nSPS) is 39.5. The second kappa shape index (κ2) is 2.96. The molecule has 3 heteroatoms. The first kappa shape index (κ1) is 7.90. The van der Waals surface area contributed by atoms with Crippen molar-refractivity contribution in [3.05, 3.63) is 0 Å². The number of hydrogen-bond donors (Lipinski definition) is 0. The molecule has 2 rings (SSSR count). The van der Waals surface area contributed by atoms with Crippen molar-refractivity contribution in [1.82, 2.24) is 0 Å². The van der Waals surface area contributed by atoms with E-state index in [-0.39, 0.29) is 0 Å². The van der Waals surface area contributed by atoms with E-state index in [0.717, 1.165) is 18.4 Å². The van der Waals surface area contributed by atoms with Gasteiger partial charge in [-0.3, -0.25) is 0 Å². The highest BCUT2D eigenvalue weighted by atomic mass is 15.4. The Morgan fingerprint density at radius 1 is 1.58 bits per heavy atom. The maximum Gasteiger partial charge on any atom is 0.272 e. The lowest BCUT2D eigenvalue weighted by molar-refractivity contribution is -0.634. The summed E-state index contributed by atoms with van der Waals surface area (Å²) in [7, 11) is 0. The van der Waals surface area contributed by atoms with E-state index < -0.39 is 0 Å². The maximum atomic E-state index is 4.31. The minimum absolute atomic E-state index is 0.364. The predicted molar refractivity (Wildman–Crippen MR) is 47.4 cm³/mol. The summed E-state index contributed by atoms with van der Waals surface area (Å²) in [6.45, 7) is 5.69. The fourth-order valence-electron chi connectivity index (χ4n) is 2.16. The van der Waals surface area contributed by atoms with Crippen LogP contribution < -0.4 is 0 Å². The summed E-state index contributed by atoms with van der Waals surface area (Å²) in [6, 6.07) is 0. The topological polar surface area (TPSA) is 27.7 Å². The van der Waals surface area contributed by atoms with Crippen LogP contribution >= 0.6 is 0 Å². The van der Waals surface area contributed by atoms with E-state index in [1.165, 1.54) is 12.8 Å². The number of nitrogens with zero attached hydrogens (tertiary/aromatic N) is 3. The molecule has 3 atom stereocenters. The summed E-state index contributed by atoms with van der Waals surface area (Å²) in [4.78, 5) is 4.31. The Bertz CT molecular complexity index is 232. The lowest BCUT2D eigenvalue weighted by atomic mass is 9.85. The second-order valence-electron chi connectivity index (χ2n) is 3.86. The molecule has 0 saturated carbocycles. The molecule has 2 aliphatic heterocycles. The van der Waals surface area contributed by atoms with Gasteiger partial charge in [0.1, 0.15) is 0 Å². The van der Waals surface area contributed by atoms with Crippen LogP contribution in [0.4, 0.5) is 0 Å². The molecule has 2 aliphatic rings. The van der Waals surface area contributed by atoms with Gasteiger partial charge in [0, 0.05) is 17.5 Å². The predicted octanol–water partition coefficient (Wildman–Crippen LogP) is 1.89. The lowest BCUT2D eigenvalue weighted by Gasteiger charge is -2.25. The summed E-state index contributed by atoms with van der Waals surface area (Å²) < 4.78 is 2.13. The molecule has 3 unspecified atom stereocenters. The Labute approximate surface area is 73.2 Å². The van der Waals surface area contributed by atoms with E-state index in [2.05, 4.69) is 28.7 Å². The largest absolute Gasteiger partial charge is 0.272 e. The molecule has 0 amide bonds. The zero-order valence-electron chi connectivity index (χ0n) is 7.77. The Morgan fingerprint density at radius 3 is 3.17 bits per heavy atom. The third kappa shape index (κ3) is 1.17. The van der Waals surface area contributed by atoms with Crippen LogP contribution in [0.2, 0.25) is 0 Å². The van der Waals surface area contributed by atoms with Gasteiger partial charge in [0.15, 0.2) is 12.9 Å². The molecule has 0 N–H and O–H groups in total. The van der Waals surface area contributed by atoms with Crippen LogP contribution in [0.5, 0.6) is 0 Å². The van der Waals surface area contributed by atoms with Crippen molar-refractivity contribution in [2.45, 2.75) is 32.9 Å². The fraction of sp³-hybridized carbons (Fsp3) is 0.889. The van der Waals surface area contributed by atoms with E-state index in [9.17, 15) is 0 Å². The first-order chi connectivity index (χ1) is 5.81. The number of hydrogen-bond acceptors (Lipinski definition) is 2. The molecule has 0 spiro atoms. The molecule has 3 nitrogen and oxygen atoms in total. The van der Waals surface area contributed by atoms with Gasteiger partial charge in [-0.05, 0) is 12.3 Å². The fourth-order valence-corrected chi connectivity index (χ4v) is 2.16. The van der Waals surface area contributed by atoms with Gasteiger partial charge in [0.25, 0.3) is 6.17 Å². The summed E-state index contributed by atoms with van der Waals surface area (Å²) in [5, 5.41) is 4.23. The van der Waals surface area contributed by atoms with Crippen LogP contribution in [0.25, 0.3) is 0 Å². The van der Waals surface area contributed by atoms with E-state index in [0.29, 0.717) is 6.17 Å². The first-order valence-corrected chi connectivity index (χ1v) is 4.80. The van der Waals surface area contributed by atoms with Crippen LogP contribution in [-0.2, 0) is 0 Å². The minimum Gasteiger partial charge on any atom is -0.197 e. The zero-order valence-corrected chi connectivity index (χ0v) is 7.77. The maximum absolute atomic E-state index is 4.31. The van der Waals surface area contributed by atoms with E-state index in [1.807, 2.05) is 0 Å². The van der Waals surface area contributed by atoms with Gasteiger partial charge in [0.05, 0.1) is 0 Å². The molecule has 1 fully saturated rings. The van der Waals surface area contributed by atoms with Crippen LogP contribution in [0.15, 0.2) is 10.1 Å². The van der Waals surface area contributed by atoms with Gasteiger partial charge >= 0.3 is 0 Å². The standard InChI is InChI=1S/C9H16N3/c1-3-8-5-12-9(4-7(8)2)10-6-11-12/h6-9H,3-5H2,1-2H3/q+1. The third-order valence-electron chi connectivity index (χ3n) is 3.12. The molecule has 0 aliphatic carbocycles. The van der Waals surface area contributed by atoms with E-state index in [1.54, 1.807) is 6.34 Å². The van der Waals surface area contributed by atoms with Gasteiger partial charge in [-0.2, -0.15) is 4.99 Å². The van der Waals surface area contributed by atoms with Crippen LogP contribution in [0, 0.1) is 11.8 Å². The lowest BCUT2D eigenvalue weighted by Crippen LogP contribution is -2.37. The molecule has 1 saturated heterocycles. The highest BCUT2D eigenvalue weighted by Crippen LogP contribution is 2.29. The minimum atomic E-state index is 0.364. The SMILES string of the molecule is CCC1C[N+]2=NC=NC2CC1C. The summed E-state index contributed by atoms with van der Waals surface area (Å²) in [6.07, 6.45) is 4.51. The van der Waals surface area contributed by atoms with Crippen LogP contribution in [0.1, 0.15) is 26.7 Å². The van der Waals surface area contributed by atoms with Crippen molar-refractivity contribution in [3.8, 4) is 0 Å². The van der Waals surface area contributed by atoms with Gasteiger partial charge < -0.3 is 0 Å². The van der Waals surface area contributed by atoms with Crippen LogP contribution in [0.3, 0.4) is 0 Å². The molecular formula is C9H16N3+. The van der Waals surface area contributed by atoms with Gasteiger partial charge in [-0.1, -0.05) is 18.5 Å². The zero-order chi connectivity index (χ0) is 8.55. The van der Waals surface area contributed by atoms with Crippen molar-refractivity contribution in [1.29, 1.82) is 0 Å². The van der Waals surface area contributed by atoms with E-state index >= 15 is 0 Å². The Morgan fingerprint density at radius 2 is 2.42 bits per heavy atom. The van der Waals surface area contributed by atoms with Crippen molar-refractivity contribution in [3.63, 3.8) is 0 Å². The van der Waals surface area contributed by atoms with Crippen LogP contribution in [-0.4, -0.2) is 23.7 Å². The number of azo groups is 2.